The molecular formula is C63H134F6OSSi. The van der Waals surface area contributed by atoms with E-state index >= 15 is 0 Å². The molecule has 0 heterocycles. The normalized spacial score (nSPS) is 9.43. The number of halogens is 6. The average molecular weight is 1080 g/mol. The molecule has 0 atom stereocenters. The van der Waals surface area contributed by atoms with Gasteiger partial charge in [0.05, 0.1) is 12.8 Å². The Balaban J connectivity index is -0.0000000317. The van der Waals surface area contributed by atoms with Gasteiger partial charge in [0.1, 0.15) is 0 Å². The summed E-state index contributed by atoms with van der Waals surface area (Å²) in [5.74, 6) is 0. The van der Waals surface area contributed by atoms with E-state index in [-0.39, 0.29) is 52.0 Å². The van der Waals surface area contributed by atoms with Crippen molar-refractivity contribution in [2.75, 3.05) is 33.9 Å². The Bertz CT molecular complexity index is 1190. The van der Waals surface area contributed by atoms with Crippen LogP contribution in [0.5, 0.6) is 0 Å². The summed E-state index contributed by atoms with van der Waals surface area (Å²) in [6, 6.07) is 27.5. The molecule has 3 aromatic rings. The lowest BCUT2D eigenvalue weighted by atomic mass is 9.78. The SMILES string of the molecule is C.C.C.C.C.C.C.CC.CC.CC.CC(=C(F)F)C(F)(F)F.CC1(C)CCCCC1.CC=CC.CCC.CCC.CF.COC.CSC.C[SiH2]C.Cc1ccc(-c2ccc(C)cc2)cc1.Cc1ccccc1. The first-order chi connectivity index (χ1) is 30.7. The van der Waals surface area contributed by atoms with Gasteiger partial charge in [-0.1, -0.05) is 288 Å². The number of aryl methyl sites for hydroxylation is 3. The van der Waals surface area contributed by atoms with Crippen molar-refractivity contribution >= 4 is 21.3 Å². The lowest BCUT2D eigenvalue weighted by molar-refractivity contribution is -0.0947. The van der Waals surface area contributed by atoms with Gasteiger partial charge in [0, 0.05) is 23.7 Å². The van der Waals surface area contributed by atoms with Gasteiger partial charge < -0.3 is 4.74 Å². The van der Waals surface area contributed by atoms with E-state index in [1.165, 1.54) is 72.8 Å². The standard InChI is InChI=1S/C14H14.C8H16.C7H8.C4H3F5.C4H8.2C3H8.C2H6O.C2H6S.C2H8Si.3C2H6.CH3F.7CH4/c1-11-3-7-13(8-4-11)14-9-5-12(2)6-10-14;1-8(2)6-4-3-5-7-8;1-7-5-3-2-4-6-7;1-2(3(5)6)4(7,8)9;1-3-4-2;5*1-3-2;4*1-2;;;;;;;/h3-10H,1-2H3;3-7H2,1-2H3;2-6H,1H3;1H3;3-4H,1-2H3;2*3H2,1-2H3;2*1-2H3;3H2,1-2H3;3*1-2H3;1H3;7*1H4. The fourth-order valence-electron chi connectivity index (χ4n) is 3.64. The van der Waals surface area contributed by atoms with Gasteiger partial charge in [0.15, 0.2) is 0 Å². The lowest BCUT2D eigenvalue weighted by Crippen LogP contribution is -2.14. The Labute approximate surface area is 461 Å². The minimum absolute atomic E-state index is 0. The number of benzene rings is 3. The molecule has 0 unspecified atom stereocenters. The van der Waals surface area contributed by atoms with Crippen molar-refractivity contribution in [3.05, 3.63) is 119 Å². The second-order valence-electron chi connectivity index (χ2n) is 14.1. The summed E-state index contributed by atoms with van der Waals surface area (Å²) < 4.78 is 69.4. The van der Waals surface area contributed by atoms with E-state index < -0.39 is 17.8 Å². The van der Waals surface area contributed by atoms with Gasteiger partial charge in [-0.05, 0) is 83.4 Å². The molecule has 72 heavy (non-hydrogen) atoms. The van der Waals surface area contributed by atoms with Crippen LogP contribution in [0.25, 0.3) is 11.1 Å². The zero-order valence-corrected chi connectivity index (χ0v) is 49.1. The molecule has 0 amide bonds. The highest BCUT2D eigenvalue weighted by Crippen LogP contribution is 2.34. The number of methoxy groups -OCH3 is 1. The van der Waals surface area contributed by atoms with Crippen LogP contribution in [0, 0.1) is 26.2 Å². The number of thioether (sulfide) groups is 1. The molecule has 1 aliphatic rings. The van der Waals surface area contributed by atoms with Crippen LogP contribution in [0.2, 0.25) is 13.1 Å². The largest absolute Gasteiger partial charge is 0.417 e. The van der Waals surface area contributed by atoms with E-state index in [2.05, 4.69) is 141 Å². The van der Waals surface area contributed by atoms with Crippen LogP contribution in [0.4, 0.5) is 26.3 Å². The zero-order valence-electron chi connectivity index (χ0n) is 46.9. The van der Waals surface area contributed by atoms with E-state index in [0.29, 0.717) is 29.0 Å². The van der Waals surface area contributed by atoms with E-state index in [9.17, 15) is 26.3 Å². The third-order valence-corrected chi connectivity index (χ3v) is 6.63. The summed E-state index contributed by atoms with van der Waals surface area (Å²) in [6.45, 7) is 40.4. The van der Waals surface area contributed by atoms with E-state index in [1.54, 1.807) is 26.0 Å². The molecule has 1 aliphatic carbocycles. The topological polar surface area (TPSA) is 9.23 Å². The Morgan fingerprint density at radius 2 is 0.778 bits per heavy atom. The fraction of sp³-hybridized carbons (Fsp3) is 0.651. The average Bonchev–Trinajstić information content (AvgIpc) is 3.29. The molecule has 0 aromatic heterocycles. The number of alkyl halides is 4. The van der Waals surface area contributed by atoms with Crippen molar-refractivity contribution in [3.8, 4) is 11.1 Å². The molecule has 0 spiro atoms. The molecule has 0 saturated heterocycles. The molecule has 444 valence electrons. The van der Waals surface area contributed by atoms with E-state index in [1.807, 2.05) is 98.3 Å². The predicted molar refractivity (Wildman–Crippen MR) is 344 cm³/mol. The molecule has 1 nitrogen and oxygen atoms in total. The molecule has 0 aliphatic heterocycles. The molecule has 4 rings (SSSR count). The monoisotopic (exact) mass is 1080 g/mol. The van der Waals surface area contributed by atoms with Crippen LogP contribution < -0.4 is 0 Å². The number of rotatable bonds is 1. The quantitative estimate of drug-likeness (QED) is 0.136. The first-order valence-electron chi connectivity index (χ1n) is 23.7. The lowest BCUT2D eigenvalue weighted by Gasteiger charge is -2.28. The summed E-state index contributed by atoms with van der Waals surface area (Å²) in [5, 5.41) is 0. The Morgan fingerprint density at radius 3 is 0.889 bits per heavy atom. The maximum atomic E-state index is 11.2. The molecule has 0 N–H and O–H groups in total. The molecular weight excluding hydrogens is 947 g/mol. The molecule has 0 radical (unpaired) electrons. The maximum absolute atomic E-state index is 11.2. The minimum atomic E-state index is -4.89. The van der Waals surface area contributed by atoms with Crippen molar-refractivity contribution < 1.29 is 31.1 Å². The van der Waals surface area contributed by atoms with Crippen molar-refractivity contribution in [3.63, 3.8) is 0 Å². The van der Waals surface area contributed by atoms with Crippen molar-refractivity contribution in [2.24, 2.45) is 5.41 Å². The van der Waals surface area contributed by atoms with Crippen LogP contribution >= 0.6 is 11.8 Å². The Kier molecular flexibility index (Phi) is 166. The molecule has 1 saturated carbocycles. The van der Waals surface area contributed by atoms with Crippen LogP contribution in [0.1, 0.15) is 217 Å². The number of ether oxygens (including phenoxy) is 1. The van der Waals surface area contributed by atoms with Crippen LogP contribution in [-0.2, 0) is 4.74 Å². The maximum Gasteiger partial charge on any atom is 0.417 e. The first kappa shape index (κ1) is 118. The second-order valence-corrected chi connectivity index (χ2v) is 16.3. The smallest absolute Gasteiger partial charge is 0.388 e. The zero-order chi connectivity index (χ0) is 53.7. The second kappa shape index (κ2) is 101. The highest BCUT2D eigenvalue weighted by atomic mass is 32.2. The van der Waals surface area contributed by atoms with Gasteiger partial charge in [-0.3, -0.25) is 4.39 Å². The third kappa shape index (κ3) is 117. The van der Waals surface area contributed by atoms with Gasteiger partial charge >= 0.3 is 6.18 Å². The number of hydrogen-bond donors (Lipinski definition) is 0. The summed E-state index contributed by atoms with van der Waals surface area (Å²) >= 11 is 1.75. The highest BCUT2D eigenvalue weighted by molar-refractivity contribution is 7.97. The number of allylic oxidation sites excluding steroid dienone is 3. The van der Waals surface area contributed by atoms with Crippen molar-refractivity contribution in [1.29, 1.82) is 0 Å². The van der Waals surface area contributed by atoms with Gasteiger partial charge in [-0.25, -0.2) is 0 Å². The summed E-state index contributed by atoms with van der Waals surface area (Å²) in [6.07, 6.45) is 10.3. The fourth-order valence-corrected chi connectivity index (χ4v) is 3.64. The van der Waals surface area contributed by atoms with Gasteiger partial charge in [0.2, 0.25) is 0 Å². The van der Waals surface area contributed by atoms with Crippen LogP contribution in [-0.4, -0.2) is 49.6 Å². The summed E-state index contributed by atoms with van der Waals surface area (Å²) in [7, 11) is 4.17. The van der Waals surface area contributed by atoms with Gasteiger partial charge in [0.25, 0.3) is 6.08 Å². The van der Waals surface area contributed by atoms with Crippen LogP contribution in [0.15, 0.2) is 103 Å². The molecule has 9 heteroatoms. The van der Waals surface area contributed by atoms with E-state index in [0.717, 1.165) is 0 Å². The highest BCUT2D eigenvalue weighted by Gasteiger charge is 2.33. The van der Waals surface area contributed by atoms with Crippen LogP contribution in [0.3, 0.4) is 0 Å². The summed E-state index contributed by atoms with van der Waals surface area (Å²) in [4.78, 5) is 0. The molecule has 3 aromatic carbocycles. The van der Waals surface area contributed by atoms with Gasteiger partial charge in [-0.15, -0.1) is 0 Å². The van der Waals surface area contributed by atoms with E-state index in [4.69, 9.17) is 0 Å². The number of hydrogen-bond acceptors (Lipinski definition) is 2. The third-order valence-electron chi connectivity index (χ3n) is 6.63. The van der Waals surface area contributed by atoms with Crippen molar-refractivity contribution in [1.82, 2.24) is 0 Å². The van der Waals surface area contributed by atoms with Gasteiger partial charge in [-0.2, -0.15) is 33.7 Å². The Hall–Kier alpha value is -2.75. The molecule has 0 bridgehead atoms. The predicted octanol–water partition coefficient (Wildman–Crippen LogP) is 25.7. The van der Waals surface area contributed by atoms with Crippen molar-refractivity contribution in [2.45, 2.75) is 241 Å². The molecule has 1 fully saturated rings. The minimum Gasteiger partial charge on any atom is -0.388 e. The Morgan fingerprint density at radius 1 is 0.569 bits per heavy atom. The summed E-state index contributed by atoms with van der Waals surface area (Å²) in [5.41, 5.74) is 5.36. The first-order valence-corrected chi connectivity index (χ1v) is 28.2.